The number of esters is 1. The number of nitrogens with zero attached hydrogens (tertiary/aromatic N) is 3. The topological polar surface area (TPSA) is 100.0 Å². The summed E-state index contributed by atoms with van der Waals surface area (Å²) in [5.74, 6) is 1.57. The van der Waals surface area contributed by atoms with E-state index in [4.69, 9.17) is 31.2 Å². The zero-order valence-corrected chi connectivity index (χ0v) is 17.4. The van der Waals surface area contributed by atoms with Crippen LogP contribution in [-0.4, -0.2) is 41.3 Å². The van der Waals surface area contributed by atoms with E-state index in [1.807, 2.05) is 30.3 Å². The van der Waals surface area contributed by atoms with Crippen LogP contribution in [0.25, 0.3) is 0 Å². The van der Waals surface area contributed by atoms with Crippen LogP contribution < -0.4 is 18.9 Å². The van der Waals surface area contributed by atoms with Crippen molar-refractivity contribution in [1.29, 1.82) is 0 Å². The summed E-state index contributed by atoms with van der Waals surface area (Å²) >= 11 is 5.25. The molecule has 0 saturated carbocycles. The molecule has 0 radical (unpaired) electrons. The molecule has 9 nitrogen and oxygen atoms in total. The third-order valence-electron chi connectivity index (χ3n) is 3.88. The number of benzene rings is 2. The van der Waals surface area contributed by atoms with Gasteiger partial charge in [-0.05, 0) is 36.5 Å². The minimum atomic E-state index is -0.485. The summed E-state index contributed by atoms with van der Waals surface area (Å²) in [6.07, 6.45) is 1.56. The third-order valence-corrected chi connectivity index (χ3v) is 4.14. The van der Waals surface area contributed by atoms with E-state index < -0.39 is 5.97 Å². The molecule has 0 aliphatic rings. The summed E-state index contributed by atoms with van der Waals surface area (Å²) in [5, 5.41) is 11.2. The Balaban J connectivity index is 1.86. The van der Waals surface area contributed by atoms with Gasteiger partial charge in [0.25, 0.3) is 0 Å². The summed E-state index contributed by atoms with van der Waals surface area (Å²) < 4.78 is 23.3. The molecule has 0 atom stereocenters. The van der Waals surface area contributed by atoms with Crippen molar-refractivity contribution in [2.24, 2.45) is 5.10 Å². The van der Waals surface area contributed by atoms with Crippen molar-refractivity contribution in [2.75, 3.05) is 14.2 Å². The van der Waals surface area contributed by atoms with Crippen molar-refractivity contribution in [3.8, 4) is 23.0 Å². The molecule has 1 aromatic heterocycles. The molecule has 0 spiro atoms. The van der Waals surface area contributed by atoms with Crippen molar-refractivity contribution < 1.29 is 23.7 Å². The van der Waals surface area contributed by atoms with Gasteiger partial charge >= 0.3 is 5.97 Å². The Labute approximate surface area is 177 Å². The fraction of sp³-hybridized carbons (Fsp3) is 0.200. The summed E-state index contributed by atoms with van der Waals surface area (Å²) in [7, 11) is 2.93. The van der Waals surface area contributed by atoms with Gasteiger partial charge in [-0.2, -0.15) is 14.9 Å². The highest BCUT2D eigenvalue weighted by Gasteiger charge is 2.16. The van der Waals surface area contributed by atoms with E-state index in [9.17, 15) is 4.79 Å². The molecule has 1 heterocycles. The van der Waals surface area contributed by atoms with Gasteiger partial charge in [-0.3, -0.25) is 4.79 Å². The summed E-state index contributed by atoms with van der Waals surface area (Å²) in [6.45, 7) is 1.47. The molecular formula is C20H20N4O5S. The monoisotopic (exact) mass is 428 g/mol. The van der Waals surface area contributed by atoms with Gasteiger partial charge in [-0.25, -0.2) is 5.10 Å². The van der Waals surface area contributed by atoms with E-state index in [0.29, 0.717) is 33.4 Å². The quantitative estimate of drug-likeness (QED) is 0.254. The van der Waals surface area contributed by atoms with Gasteiger partial charge in [0.05, 0.1) is 20.4 Å². The van der Waals surface area contributed by atoms with Crippen molar-refractivity contribution >= 4 is 24.4 Å². The van der Waals surface area contributed by atoms with Crippen LogP contribution in [-0.2, 0) is 11.4 Å². The number of hydrogen-bond donors (Lipinski definition) is 1. The molecule has 0 aliphatic heterocycles. The summed E-state index contributed by atoms with van der Waals surface area (Å²) in [5.41, 5.74) is 0.637. The molecule has 2 aromatic carbocycles. The Morgan fingerprint density at radius 1 is 1.20 bits per heavy atom. The molecule has 1 N–H and O–H groups in total. The highest BCUT2D eigenvalue weighted by atomic mass is 32.1. The molecule has 3 rings (SSSR count). The third kappa shape index (κ3) is 5.03. The Morgan fingerprint density at radius 3 is 2.47 bits per heavy atom. The summed E-state index contributed by atoms with van der Waals surface area (Å²) in [6, 6.07) is 12.7. The largest absolute Gasteiger partial charge is 0.493 e. The number of nitrogens with one attached hydrogen (secondary N) is 1. The minimum Gasteiger partial charge on any atom is -0.493 e. The van der Waals surface area contributed by atoms with E-state index in [2.05, 4.69) is 15.3 Å². The van der Waals surface area contributed by atoms with E-state index in [0.717, 1.165) is 0 Å². The van der Waals surface area contributed by atoms with E-state index in [-0.39, 0.29) is 12.4 Å². The molecule has 3 aromatic rings. The highest BCUT2D eigenvalue weighted by molar-refractivity contribution is 7.71. The van der Waals surface area contributed by atoms with Crippen LogP contribution in [0.4, 0.5) is 0 Å². The smallest absolute Gasteiger partial charge is 0.308 e. The van der Waals surface area contributed by atoms with Gasteiger partial charge < -0.3 is 18.9 Å². The van der Waals surface area contributed by atoms with Crippen molar-refractivity contribution in [1.82, 2.24) is 14.9 Å². The predicted octanol–water partition coefficient (Wildman–Crippen LogP) is 3.34. The van der Waals surface area contributed by atoms with Crippen molar-refractivity contribution in [3.05, 3.63) is 58.6 Å². The number of aromatic amines is 1. The van der Waals surface area contributed by atoms with Gasteiger partial charge in [-0.1, -0.05) is 18.2 Å². The average Bonchev–Trinajstić information content (AvgIpc) is 3.11. The van der Waals surface area contributed by atoms with Crippen LogP contribution in [0.15, 0.2) is 47.6 Å². The predicted molar refractivity (Wildman–Crippen MR) is 112 cm³/mol. The van der Waals surface area contributed by atoms with Crippen LogP contribution in [0, 0.1) is 4.77 Å². The first-order valence-electron chi connectivity index (χ1n) is 8.84. The molecule has 0 fully saturated rings. The second kappa shape index (κ2) is 9.70. The van der Waals surface area contributed by atoms with E-state index in [1.165, 1.54) is 25.8 Å². The van der Waals surface area contributed by atoms with E-state index >= 15 is 0 Å². The maximum Gasteiger partial charge on any atom is 0.308 e. The van der Waals surface area contributed by atoms with Crippen LogP contribution in [0.3, 0.4) is 0 Å². The SMILES string of the molecule is COc1cc(/C=N\n2c(COc3ccccc3)n[nH]c2=S)cc(OC)c1OC(C)=O. The molecule has 0 aliphatic carbocycles. The fourth-order valence-corrected chi connectivity index (χ4v) is 2.74. The van der Waals surface area contributed by atoms with Gasteiger partial charge in [-0.15, -0.1) is 0 Å². The van der Waals surface area contributed by atoms with Crippen molar-refractivity contribution in [2.45, 2.75) is 13.5 Å². The maximum atomic E-state index is 11.4. The first-order valence-corrected chi connectivity index (χ1v) is 9.25. The lowest BCUT2D eigenvalue weighted by molar-refractivity contribution is -0.132. The normalized spacial score (nSPS) is 10.8. The number of para-hydroxylation sites is 1. The maximum absolute atomic E-state index is 11.4. The number of rotatable bonds is 8. The first-order chi connectivity index (χ1) is 14.5. The van der Waals surface area contributed by atoms with Crippen LogP contribution in [0.2, 0.25) is 0 Å². The average molecular weight is 428 g/mol. The standard InChI is InChI=1S/C20H20N4O5S/c1-13(25)29-19-16(26-2)9-14(10-17(19)27-3)11-21-24-18(22-23-20(24)30)12-28-15-7-5-4-6-8-15/h4-11H,12H2,1-3H3,(H,23,30)/b21-11-. The molecule has 0 amide bonds. The number of methoxy groups -OCH3 is 2. The summed E-state index contributed by atoms with van der Waals surface area (Å²) in [4.78, 5) is 11.4. The van der Waals surface area contributed by atoms with Gasteiger partial charge in [0.2, 0.25) is 10.5 Å². The second-order valence-electron chi connectivity index (χ2n) is 5.95. The fourth-order valence-electron chi connectivity index (χ4n) is 2.54. The minimum absolute atomic E-state index is 0.173. The highest BCUT2D eigenvalue weighted by Crippen LogP contribution is 2.38. The molecule has 10 heteroatoms. The van der Waals surface area contributed by atoms with Crippen LogP contribution in [0.1, 0.15) is 18.3 Å². The Hall–Kier alpha value is -3.66. The molecule has 30 heavy (non-hydrogen) atoms. The molecular weight excluding hydrogens is 408 g/mol. The number of hydrogen-bond acceptors (Lipinski definition) is 8. The lowest BCUT2D eigenvalue weighted by Gasteiger charge is -2.13. The van der Waals surface area contributed by atoms with Crippen molar-refractivity contribution in [3.63, 3.8) is 0 Å². The number of carbonyl (C=O) groups is 1. The zero-order chi connectivity index (χ0) is 21.5. The molecule has 156 valence electrons. The Morgan fingerprint density at radius 2 is 1.87 bits per heavy atom. The molecule has 0 saturated heterocycles. The lowest BCUT2D eigenvalue weighted by Crippen LogP contribution is -2.06. The number of carbonyl (C=O) groups excluding carboxylic acids is 1. The van der Waals surface area contributed by atoms with E-state index in [1.54, 1.807) is 18.3 Å². The zero-order valence-electron chi connectivity index (χ0n) is 16.6. The van der Waals surface area contributed by atoms with Crippen LogP contribution >= 0.6 is 12.2 Å². The first kappa shape index (κ1) is 21.1. The van der Waals surface area contributed by atoms with Gasteiger partial charge in [0, 0.05) is 12.5 Å². The lowest BCUT2D eigenvalue weighted by atomic mass is 10.2. The van der Waals surface area contributed by atoms with Gasteiger partial charge in [0.15, 0.2) is 17.3 Å². The van der Waals surface area contributed by atoms with Crippen LogP contribution in [0.5, 0.6) is 23.0 Å². The molecule has 0 unspecified atom stereocenters. The second-order valence-corrected chi connectivity index (χ2v) is 6.34. The number of ether oxygens (including phenoxy) is 4. The number of aromatic nitrogens is 3. The Bertz CT molecular complexity index is 1080. The van der Waals surface area contributed by atoms with Gasteiger partial charge in [0.1, 0.15) is 12.4 Å². The molecule has 0 bridgehead atoms. The number of H-pyrrole nitrogens is 1. The Kier molecular flexibility index (Phi) is 6.81.